The van der Waals surface area contributed by atoms with Gasteiger partial charge in [0.15, 0.2) is 0 Å². The lowest BCUT2D eigenvalue weighted by Crippen LogP contribution is -2.31. The zero-order chi connectivity index (χ0) is 13.8. The highest BCUT2D eigenvalue weighted by Crippen LogP contribution is 2.23. The van der Waals surface area contributed by atoms with Crippen LogP contribution in [0.2, 0.25) is 0 Å². The molecule has 0 aromatic heterocycles. The zero-order valence-corrected chi connectivity index (χ0v) is 11.3. The second-order valence-corrected chi connectivity index (χ2v) is 5.29. The van der Waals surface area contributed by atoms with Crippen LogP contribution >= 0.6 is 0 Å². The van der Waals surface area contributed by atoms with Gasteiger partial charge in [0.05, 0.1) is 6.54 Å². The number of amides is 2. The Balaban J connectivity index is 2.59. The van der Waals surface area contributed by atoms with Gasteiger partial charge in [0.1, 0.15) is 0 Å². The molecule has 4 heteroatoms. The monoisotopic (exact) mass is 248 g/mol. The quantitative estimate of drug-likeness (QED) is 0.860. The molecule has 1 rings (SSSR count). The molecule has 0 spiro atoms. The summed E-state index contributed by atoms with van der Waals surface area (Å²) in [5.74, 6) is -0.443. The summed E-state index contributed by atoms with van der Waals surface area (Å²) in [5.41, 5.74) is 2.04. The van der Waals surface area contributed by atoms with E-state index in [2.05, 4.69) is 31.4 Å². The highest BCUT2D eigenvalue weighted by Gasteiger charge is 2.13. The lowest BCUT2D eigenvalue weighted by atomic mass is 9.87. The standard InChI is InChI=1S/C14H20N2O2/c1-10(17)15-9-13(18)16-12-7-5-11(6-8-12)14(2,3)4/h5-8H,9H2,1-4H3,(H,15,17)(H,16,18). The molecular formula is C14H20N2O2. The Bertz CT molecular complexity index is 430. The second kappa shape index (κ2) is 5.67. The van der Waals surface area contributed by atoms with Gasteiger partial charge in [0.2, 0.25) is 11.8 Å². The van der Waals surface area contributed by atoms with E-state index in [1.807, 2.05) is 24.3 Å². The Morgan fingerprint density at radius 2 is 1.67 bits per heavy atom. The molecule has 0 heterocycles. The fraction of sp³-hybridized carbons (Fsp3) is 0.429. The Kier molecular flexibility index (Phi) is 4.48. The third-order valence-electron chi connectivity index (χ3n) is 2.53. The summed E-state index contributed by atoms with van der Waals surface area (Å²) in [7, 11) is 0. The molecule has 0 bridgehead atoms. The molecule has 0 aliphatic heterocycles. The van der Waals surface area contributed by atoms with Crippen LogP contribution in [0.15, 0.2) is 24.3 Å². The van der Waals surface area contributed by atoms with E-state index in [-0.39, 0.29) is 23.8 Å². The summed E-state index contributed by atoms with van der Waals surface area (Å²) in [6, 6.07) is 7.72. The first-order chi connectivity index (χ1) is 8.29. The number of anilines is 1. The number of carbonyl (C=O) groups excluding carboxylic acids is 2. The van der Waals surface area contributed by atoms with E-state index >= 15 is 0 Å². The minimum atomic E-state index is -0.228. The molecule has 98 valence electrons. The fourth-order valence-corrected chi connectivity index (χ4v) is 1.46. The van der Waals surface area contributed by atoms with Crippen LogP contribution in [-0.2, 0) is 15.0 Å². The molecule has 0 saturated heterocycles. The minimum absolute atomic E-state index is 0.00362. The highest BCUT2D eigenvalue weighted by atomic mass is 16.2. The first kappa shape index (κ1) is 14.2. The van der Waals surface area contributed by atoms with Crippen molar-refractivity contribution < 1.29 is 9.59 Å². The van der Waals surface area contributed by atoms with Crippen LogP contribution in [0, 0.1) is 0 Å². The third-order valence-corrected chi connectivity index (χ3v) is 2.53. The van der Waals surface area contributed by atoms with Crippen LogP contribution in [0.4, 0.5) is 5.69 Å². The maximum absolute atomic E-state index is 11.5. The van der Waals surface area contributed by atoms with Gasteiger partial charge >= 0.3 is 0 Å². The summed E-state index contributed by atoms with van der Waals surface area (Å²) >= 11 is 0. The summed E-state index contributed by atoms with van der Waals surface area (Å²) in [4.78, 5) is 22.1. The fourth-order valence-electron chi connectivity index (χ4n) is 1.46. The molecule has 18 heavy (non-hydrogen) atoms. The molecule has 0 atom stereocenters. The molecular weight excluding hydrogens is 228 g/mol. The molecule has 1 aromatic carbocycles. The topological polar surface area (TPSA) is 58.2 Å². The van der Waals surface area contributed by atoms with Crippen LogP contribution in [0.1, 0.15) is 33.3 Å². The molecule has 2 amide bonds. The number of hydrogen-bond acceptors (Lipinski definition) is 2. The maximum atomic E-state index is 11.5. The van der Waals surface area contributed by atoms with Gasteiger partial charge in [0.25, 0.3) is 0 Å². The van der Waals surface area contributed by atoms with Gasteiger partial charge in [0, 0.05) is 12.6 Å². The van der Waals surface area contributed by atoms with Gasteiger partial charge in [-0.2, -0.15) is 0 Å². The summed E-state index contributed by atoms with van der Waals surface area (Å²) in [5, 5.41) is 5.17. The van der Waals surface area contributed by atoms with Crippen LogP contribution < -0.4 is 10.6 Å². The molecule has 0 saturated carbocycles. The minimum Gasteiger partial charge on any atom is -0.347 e. The van der Waals surface area contributed by atoms with E-state index in [0.717, 1.165) is 5.69 Å². The average molecular weight is 248 g/mol. The predicted octanol–water partition coefficient (Wildman–Crippen LogP) is 2.06. The Labute approximate surface area is 108 Å². The van der Waals surface area contributed by atoms with Gasteiger partial charge in [-0.25, -0.2) is 0 Å². The Morgan fingerprint density at radius 1 is 1.11 bits per heavy atom. The molecule has 4 nitrogen and oxygen atoms in total. The first-order valence-electron chi connectivity index (χ1n) is 5.94. The lowest BCUT2D eigenvalue weighted by molar-refractivity contribution is -0.122. The van der Waals surface area contributed by atoms with Crippen LogP contribution in [-0.4, -0.2) is 18.4 Å². The van der Waals surface area contributed by atoms with Crippen molar-refractivity contribution in [3.63, 3.8) is 0 Å². The molecule has 2 N–H and O–H groups in total. The summed E-state index contributed by atoms with van der Waals surface area (Å²) in [6.07, 6.45) is 0. The van der Waals surface area contributed by atoms with Crippen molar-refractivity contribution in [2.75, 3.05) is 11.9 Å². The van der Waals surface area contributed by atoms with Crippen molar-refractivity contribution >= 4 is 17.5 Å². The highest BCUT2D eigenvalue weighted by molar-refractivity contribution is 5.94. The van der Waals surface area contributed by atoms with E-state index in [1.165, 1.54) is 12.5 Å². The summed E-state index contributed by atoms with van der Waals surface area (Å²) < 4.78 is 0. The maximum Gasteiger partial charge on any atom is 0.243 e. The normalized spacial score (nSPS) is 10.9. The second-order valence-electron chi connectivity index (χ2n) is 5.29. The van der Waals surface area contributed by atoms with Crippen molar-refractivity contribution in [2.24, 2.45) is 0 Å². The van der Waals surface area contributed by atoms with Gasteiger partial charge in [-0.05, 0) is 23.1 Å². The van der Waals surface area contributed by atoms with Crippen molar-refractivity contribution in [3.8, 4) is 0 Å². The van der Waals surface area contributed by atoms with Crippen LogP contribution in [0.5, 0.6) is 0 Å². The first-order valence-corrected chi connectivity index (χ1v) is 5.94. The molecule has 0 aliphatic rings. The molecule has 0 unspecified atom stereocenters. The van der Waals surface area contributed by atoms with E-state index in [0.29, 0.717) is 0 Å². The third kappa shape index (κ3) is 4.57. The number of rotatable bonds is 3. The van der Waals surface area contributed by atoms with Crippen molar-refractivity contribution in [3.05, 3.63) is 29.8 Å². The van der Waals surface area contributed by atoms with Crippen molar-refractivity contribution in [1.82, 2.24) is 5.32 Å². The molecule has 0 aliphatic carbocycles. The smallest absolute Gasteiger partial charge is 0.243 e. The van der Waals surface area contributed by atoms with Gasteiger partial charge in [-0.15, -0.1) is 0 Å². The molecule has 0 fully saturated rings. The van der Waals surface area contributed by atoms with Gasteiger partial charge in [-0.3, -0.25) is 9.59 Å². The van der Waals surface area contributed by atoms with Crippen LogP contribution in [0.25, 0.3) is 0 Å². The van der Waals surface area contributed by atoms with E-state index in [1.54, 1.807) is 0 Å². The predicted molar refractivity (Wildman–Crippen MR) is 72.5 cm³/mol. The number of benzene rings is 1. The van der Waals surface area contributed by atoms with Crippen molar-refractivity contribution in [2.45, 2.75) is 33.1 Å². The van der Waals surface area contributed by atoms with Crippen molar-refractivity contribution in [1.29, 1.82) is 0 Å². The Morgan fingerprint density at radius 3 is 2.11 bits per heavy atom. The van der Waals surface area contributed by atoms with E-state index in [4.69, 9.17) is 0 Å². The zero-order valence-electron chi connectivity index (χ0n) is 11.3. The lowest BCUT2D eigenvalue weighted by Gasteiger charge is -2.19. The Hall–Kier alpha value is -1.84. The molecule has 1 aromatic rings. The number of carbonyl (C=O) groups is 2. The van der Waals surface area contributed by atoms with E-state index in [9.17, 15) is 9.59 Å². The number of nitrogens with one attached hydrogen (secondary N) is 2. The van der Waals surface area contributed by atoms with Gasteiger partial charge in [-0.1, -0.05) is 32.9 Å². The van der Waals surface area contributed by atoms with E-state index < -0.39 is 0 Å². The number of hydrogen-bond donors (Lipinski definition) is 2. The largest absolute Gasteiger partial charge is 0.347 e. The SMILES string of the molecule is CC(=O)NCC(=O)Nc1ccc(C(C)(C)C)cc1. The van der Waals surface area contributed by atoms with Gasteiger partial charge < -0.3 is 10.6 Å². The molecule has 0 radical (unpaired) electrons. The summed E-state index contributed by atoms with van der Waals surface area (Å²) in [6.45, 7) is 7.79. The average Bonchev–Trinajstić information content (AvgIpc) is 2.26. The van der Waals surface area contributed by atoms with Crippen LogP contribution in [0.3, 0.4) is 0 Å².